The highest BCUT2D eigenvalue weighted by molar-refractivity contribution is 9.10. The van der Waals surface area contributed by atoms with Gasteiger partial charge in [-0.15, -0.1) is 0 Å². The molecule has 1 saturated carbocycles. The second-order valence-electron chi connectivity index (χ2n) is 8.60. The molecule has 8 heteroatoms. The van der Waals surface area contributed by atoms with Crippen molar-refractivity contribution < 1.29 is 4.74 Å². The van der Waals surface area contributed by atoms with Gasteiger partial charge in [0.25, 0.3) is 0 Å². The fourth-order valence-corrected chi connectivity index (χ4v) is 5.52. The lowest BCUT2D eigenvalue weighted by Crippen LogP contribution is -2.14. The first-order chi connectivity index (χ1) is 15.6. The van der Waals surface area contributed by atoms with Gasteiger partial charge in [0, 0.05) is 22.9 Å². The number of anilines is 1. The van der Waals surface area contributed by atoms with E-state index in [2.05, 4.69) is 43.8 Å². The van der Waals surface area contributed by atoms with Crippen molar-refractivity contribution in [1.29, 1.82) is 5.26 Å². The maximum atomic E-state index is 9.88. The van der Waals surface area contributed by atoms with Crippen LogP contribution in [0.2, 0.25) is 0 Å². The zero-order chi connectivity index (χ0) is 22.0. The number of nitriles is 1. The minimum absolute atomic E-state index is 0.0997. The number of ether oxygens (including phenoxy) is 1. The standard InChI is InChI=1S/C24H21BrN6O/c1-12-5-8-18(32-11-12)22-19-16(29-30-22)3-2-4-17(19)31-23-15(14(9-26)24(31)27)10-28-21(20(23)25)13-6-7-13/h2-4,10,13,18H,1,5-8,11,27H2,(H,29,30). The average molecular weight is 489 g/mol. The lowest BCUT2D eigenvalue weighted by molar-refractivity contribution is 0.0400. The molecule has 2 fully saturated rings. The van der Waals surface area contributed by atoms with E-state index in [1.807, 2.05) is 22.8 Å². The third kappa shape index (κ3) is 2.81. The monoisotopic (exact) mass is 488 g/mol. The molecule has 1 atom stereocenters. The van der Waals surface area contributed by atoms with Crippen LogP contribution in [-0.4, -0.2) is 26.4 Å². The SMILES string of the molecule is C=C1CCC(c2[nH]nc3cccc(-n4c(N)c(C#N)c5cnc(C6CC6)c(Br)c54)c23)OC1. The summed E-state index contributed by atoms with van der Waals surface area (Å²) in [7, 11) is 0. The maximum Gasteiger partial charge on any atom is 0.127 e. The average Bonchev–Trinajstić information content (AvgIpc) is 3.47. The zero-order valence-corrected chi connectivity index (χ0v) is 18.9. The Bertz CT molecular complexity index is 1450. The van der Waals surface area contributed by atoms with E-state index in [1.165, 1.54) is 0 Å². The molecule has 0 radical (unpaired) electrons. The molecule has 4 aromatic rings. The highest BCUT2D eigenvalue weighted by Gasteiger charge is 2.31. The maximum absolute atomic E-state index is 9.88. The molecule has 0 amide bonds. The number of halogens is 1. The number of hydrogen-bond donors (Lipinski definition) is 2. The van der Waals surface area contributed by atoms with Crippen molar-refractivity contribution >= 4 is 43.6 Å². The van der Waals surface area contributed by atoms with Crippen LogP contribution in [0.1, 0.15) is 54.7 Å². The number of benzene rings is 1. The Balaban J connectivity index is 1.64. The number of pyridine rings is 1. The highest BCUT2D eigenvalue weighted by Crippen LogP contribution is 2.46. The molecular formula is C24H21BrN6O. The first-order valence-corrected chi connectivity index (χ1v) is 11.5. The van der Waals surface area contributed by atoms with E-state index >= 15 is 0 Å². The predicted molar refractivity (Wildman–Crippen MR) is 127 cm³/mol. The fourth-order valence-electron chi connectivity index (χ4n) is 4.70. The van der Waals surface area contributed by atoms with Crippen LogP contribution in [0.25, 0.3) is 27.5 Å². The Morgan fingerprint density at radius 2 is 2.16 bits per heavy atom. The van der Waals surface area contributed by atoms with Crippen LogP contribution in [0, 0.1) is 11.3 Å². The number of nitrogens with one attached hydrogen (secondary N) is 1. The number of fused-ring (bicyclic) bond motifs is 2. The molecule has 3 N–H and O–H groups in total. The number of H-pyrrole nitrogens is 1. The molecular weight excluding hydrogens is 468 g/mol. The van der Waals surface area contributed by atoms with E-state index in [9.17, 15) is 5.26 Å². The first-order valence-electron chi connectivity index (χ1n) is 10.7. The van der Waals surface area contributed by atoms with Gasteiger partial charge in [-0.1, -0.05) is 18.2 Å². The van der Waals surface area contributed by atoms with Gasteiger partial charge >= 0.3 is 0 Å². The zero-order valence-electron chi connectivity index (χ0n) is 17.4. The third-order valence-electron chi connectivity index (χ3n) is 6.48. The number of nitrogens with two attached hydrogens (primary N) is 1. The van der Waals surface area contributed by atoms with Crippen LogP contribution in [0.15, 0.2) is 41.0 Å². The second kappa shape index (κ2) is 7.19. The van der Waals surface area contributed by atoms with E-state index < -0.39 is 0 Å². The van der Waals surface area contributed by atoms with Crippen molar-refractivity contribution in [3.8, 4) is 11.8 Å². The van der Waals surface area contributed by atoms with Gasteiger partial charge in [-0.05, 0) is 53.7 Å². The highest BCUT2D eigenvalue weighted by atomic mass is 79.9. The summed E-state index contributed by atoms with van der Waals surface area (Å²) in [6.45, 7) is 4.58. The quantitative estimate of drug-likeness (QED) is 0.375. The molecule has 1 aliphatic heterocycles. The van der Waals surface area contributed by atoms with E-state index in [4.69, 9.17) is 10.5 Å². The first kappa shape index (κ1) is 19.5. The summed E-state index contributed by atoms with van der Waals surface area (Å²) in [5, 5.41) is 19.3. The number of nitrogens with zero attached hydrogens (tertiary/aromatic N) is 4. The molecule has 1 aliphatic carbocycles. The molecule has 160 valence electrons. The molecule has 2 aliphatic rings. The largest absolute Gasteiger partial charge is 0.384 e. The van der Waals surface area contributed by atoms with Gasteiger partial charge in [0.05, 0.1) is 39.2 Å². The minimum atomic E-state index is -0.0997. The Labute approximate surface area is 193 Å². The summed E-state index contributed by atoms with van der Waals surface area (Å²) in [5.74, 6) is 0.850. The van der Waals surface area contributed by atoms with Gasteiger partial charge in [-0.25, -0.2) is 0 Å². The number of hydrogen-bond acceptors (Lipinski definition) is 5. The van der Waals surface area contributed by atoms with Gasteiger partial charge < -0.3 is 10.5 Å². The Kier molecular flexibility index (Phi) is 4.39. The van der Waals surface area contributed by atoms with Gasteiger partial charge in [0.1, 0.15) is 23.6 Å². The van der Waals surface area contributed by atoms with Crippen LogP contribution < -0.4 is 5.73 Å². The van der Waals surface area contributed by atoms with Crippen LogP contribution in [0.5, 0.6) is 0 Å². The number of nitrogen functional groups attached to an aromatic ring is 1. The molecule has 1 saturated heterocycles. The van der Waals surface area contributed by atoms with Crippen molar-refractivity contribution in [2.75, 3.05) is 12.3 Å². The Morgan fingerprint density at radius 3 is 2.88 bits per heavy atom. The van der Waals surface area contributed by atoms with E-state index in [-0.39, 0.29) is 6.10 Å². The molecule has 1 aromatic carbocycles. The summed E-state index contributed by atoms with van der Waals surface area (Å²) < 4.78 is 8.95. The molecule has 3 aromatic heterocycles. The van der Waals surface area contributed by atoms with Crippen molar-refractivity contribution in [2.45, 2.75) is 37.7 Å². The predicted octanol–water partition coefficient (Wildman–Crippen LogP) is 5.40. The van der Waals surface area contributed by atoms with Crippen molar-refractivity contribution in [3.05, 3.63) is 58.0 Å². The lowest BCUT2D eigenvalue weighted by atomic mass is 10.0. The van der Waals surface area contributed by atoms with Crippen molar-refractivity contribution in [3.63, 3.8) is 0 Å². The minimum Gasteiger partial charge on any atom is -0.384 e. The number of rotatable bonds is 3. The van der Waals surface area contributed by atoms with Crippen molar-refractivity contribution in [2.24, 2.45) is 0 Å². The normalized spacial score (nSPS) is 19.0. The van der Waals surface area contributed by atoms with E-state index in [0.29, 0.717) is 23.9 Å². The van der Waals surface area contributed by atoms with Crippen LogP contribution in [0.4, 0.5) is 5.82 Å². The van der Waals surface area contributed by atoms with E-state index in [0.717, 1.165) is 74.6 Å². The van der Waals surface area contributed by atoms with Crippen molar-refractivity contribution in [1.82, 2.24) is 19.7 Å². The molecule has 0 spiro atoms. The Morgan fingerprint density at radius 1 is 1.31 bits per heavy atom. The van der Waals surface area contributed by atoms with Crippen LogP contribution in [-0.2, 0) is 4.74 Å². The third-order valence-corrected chi connectivity index (χ3v) is 7.27. The smallest absolute Gasteiger partial charge is 0.127 e. The Hall–Kier alpha value is -3.15. The fraction of sp³-hybridized carbons (Fsp3) is 0.292. The summed E-state index contributed by atoms with van der Waals surface area (Å²) in [4.78, 5) is 4.66. The van der Waals surface area contributed by atoms with Gasteiger partial charge in [0.2, 0.25) is 0 Å². The molecule has 32 heavy (non-hydrogen) atoms. The van der Waals surface area contributed by atoms with Gasteiger partial charge in [-0.3, -0.25) is 14.6 Å². The van der Waals surface area contributed by atoms with Gasteiger partial charge in [0.15, 0.2) is 0 Å². The topological polar surface area (TPSA) is 106 Å². The summed E-state index contributed by atoms with van der Waals surface area (Å²) in [5.41, 5.74) is 12.7. The second-order valence-corrected chi connectivity index (χ2v) is 9.39. The van der Waals surface area contributed by atoms with Crippen LogP contribution in [0.3, 0.4) is 0 Å². The molecule has 4 heterocycles. The van der Waals surface area contributed by atoms with Crippen LogP contribution >= 0.6 is 15.9 Å². The lowest BCUT2D eigenvalue weighted by Gasteiger charge is -2.24. The summed E-state index contributed by atoms with van der Waals surface area (Å²) in [6.07, 6.45) is 5.70. The van der Waals surface area contributed by atoms with Gasteiger partial charge in [-0.2, -0.15) is 10.4 Å². The number of aromatic nitrogens is 4. The molecule has 6 rings (SSSR count). The number of aromatic amines is 1. The van der Waals surface area contributed by atoms with E-state index in [1.54, 1.807) is 6.20 Å². The molecule has 0 bridgehead atoms. The summed E-state index contributed by atoms with van der Waals surface area (Å²) >= 11 is 3.80. The molecule has 1 unspecified atom stereocenters. The molecule has 7 nitrogen and oxygen atoms in total. The summed E-state index contributed by atoms with van der Waals surface area (Å²) in [6, 6.07) is 8.23.